The maximum atomic E-state index is 5.65. The lowest BCUT2D eigenvalue weighted by Crippen LogP contribution is -2.20. The number of hydrogen-bond acceptors (Lipinski definition) is 4. The lowest BCUT2D eigenvalue weighted by molar-refractivity contribution is 0.178. The average molecular weight is 282 g/mol. The summed E-state index contributed by atoms with van der Waals surface area (Å²) in [6.45, 7) is 2.64. The van der Waals surface area contributed by atoms with Gasteiger partial charge in [0.2, 0.25) is 0 Å². The molecular formula is C14H22N2O2S. The second kappa shape index (κ2) is 8.09. The minimum Gasteiger partial charge on any atom is -0.496 e. The summed E-state index contributed by atoms with van der Waals surface area (Å²) in [5.41, 5.74) is 7.61. The first kappa shape index (κ1) is 15.9. The predicted molar refractivity (Wildman–Crippen MR) is 81.7 cm³/mol. The fourth-order valence-corrected chi connectivity index (χ4v) is 2.08. The molecule has 0 amide bonds. The number of ether oxygens (including phenoxy) is 2. The Hall–Kier alpha value is -1.17. The third-order valence-corrected chi connectivity index (χ3v) is 3.09. The number of benzene rings is 1. The molecule has 0 aliphatic heterocycles. The van der Waals surface area contributed by atoms with Crippen LogP contribution in [0.3, 0.4) is 0 Å². The topological polar surface area (TPSA) is 47.7 Å². The molecular weight excluding hydrogens is 260 g/mol. The smallest absolute Gasteiger partial charge is 0.129 e. The van der Waals surface area contributed by atoms with Crippen molar-refractivity contribution >= 4 is 17.2 Å². The van der Waals surface area contributed by atoms with Crippen molar-refractivity contribution in [3.05, 3.63) is 29.3 Å². The van der Waals surface area contributed by atoms with Crippen LogP contribution in [0.15, 0.2) is 18.2 Å². The van der Waals surface area contributed by atoms with Crippen molar-refractivity contribution in [2.75, 3.05) is 34.4 Å². The van der Waals surface area contributed by atoms with Gasteiger partial charge in [0, 0.05) is 26.8 Å². The van der Waals surface area contributed by atoms with Crippen LogP contribution in [0.5, 0.6) is 5.75 Å². The molecule has 0 atom stereocenters. The van der Waals surface area contributed by atoms with Crippen molar-refractivity contribution < 1.29 is 9.47 Å². The van der Waals surface area contributed by atoms with Gasteiger partial charge in [-0.05, 0) is 31.2 Å². The Morgan fingerprint density at radius 1 is 1.37 bits per heavy atom. The van der Waals surface area contributed by atoms with E-state index in [0.717, 1.165) is 37.4 Å². The van der Waals surface area contributed by atoms with E-state index in [1.807, 2.05) is 18.2 Å². The summed E-state index contributed by atoms with van der Waals surface area (Å²) < 4.78 is 10.4. The molecule has 0 radical (unpaired) electrons. The van der Waals surface area contributed by atoms with Crippen molar-refractivity contribution in [1.29, 1.82) is 0 Å². The first-order valence-corrected chi connectivity index (χ1v) is 6.63. The van der Waals surface area contributed by atoms with Crippen LogP contribution in [0.2, 0.25) is 0 Å². The van der Waals surface area contributed by atoms with E-state index in [4.69, 9.17) is 27.4 Å². The van der Waals surface area contributed by atoms with Gasteiger partial charge in [0.15, 0.2) is 0 Å². The van der Waals surface area contributed by atoms with Crippen LogP contribution in [0.4, 0.5) is 0 Å². The van der Waals surface area contributed by atoms with Gasteiger partial charge in [0.25, 0.3) is 0 Å². The van der Waals surface area contributed by atoms with E-state index in [0.29, 0.717) is 4.99 Å². The summed E-state index contributed by atoms with van der Waals surface area (Å²) in [4.78, 5) is 2.60. The summed E-state index contributed by atoms with van der Waals surface area (Å²) in [6.07, 6.45) is 1.02. The highest BCUT2D eigenvalue weighted by atomic mass is 32.1. The van der Waals surface area contributed by atoms with Crippen LogP contribution >= 0.6 is 12.2 Å². The zero-order valence-corrected chi connectivity index (χ0v) is 12.6. The molecule has 0 heterocycles. The SMILES string of the molecule is COCCCN(C)Cc1ccc(C(N)=S)c(OC)c1. The van der Waals surface area contributed by atoms with Gasteiger partial charge in [-0.1, -0.05) is 18.3 Å². The summed E-state index contributed by atoms with van der Waals surface area (Å²) in [6, 6.07) is 5.94. The molecule has 0 aromatic heterocycles. The maximum Gasteiger partial charge on any atom is 0.129 e. The van der Waals surface area contributed by atoms with Gasteiger partial charge in [-0.25, -0.2) is 0 Å². The van der Waals surface area contributed by atoms with Crippen molar-refractivity contribution in [2.24, 2.45) is 5.73 Å². The largest absolute Gasteiger partial charge is 0.496 e. The number of rotatable bonds is 8. The monoisotopic (exact) mass is 282 g/mol. The molecule has 19 heavy (non-hydrogen) atoms. The molecule has 1 aromatic carbocycles. The molecule has 0 fully saturated rings. The molecule has 0 spiro atoms. The lowest BCUT2D eigenvalue weighted by Gasteiger charge is -2.17. The third-order valence-electron chi connectivity index (χ3n) is 2.87. The van der Waals surface area contributed by atoms with Crippen molar-refractivity contribution in [1.82, 2.24) is 4.90 Å². The van der Waals surface area contributed by atoms with Crippen LogP contribution in [-0.4, -0.2) is 44.3 Å². The molecule has 0 aliphatic carbocycles. The van der Waals surface area contributed by atoms with E-state index in [-0.39, 0.29) is 0 Å². The van der Waals surface area contributed by atoms with E-state index in [1.54, 1.807) is 14.2 Å². The van der Waals surface area contributed by atoms with Gasteiger partial charge >= 0.3 is 0 Å². The van der Waals surface area contributed by atoms with Crippen LogP contribution in [0, 0.1) is 0 Å². The minimum atomic E-state index is 0.358. The molecule has 0 saturated heterocycles. The first-order valence-electron chi connectivity index (χ1n) is 6.22. The number of thiocarbonyl (C=S) groups is 1. The number of nitrogens with two attached hydrogens (primary N) is 1. The normalized spacial score (nSPS) is 10.7. The highest BCUT2D eigenvalue weighted by Gasteiger charge is 2.08. The zero-order chi connectivity index (χ0) is 14.3. The zero-order valence-electron chi connectivity index (χ0n) is 11.8. The van der Waals surface area contributed by atoms with Gasteiger partial charge < -0.3 is 20.1 Å². The Morgan fingerprint density at radius 3 is 2.68 bits per heavy atom. The molecule has 0 saturated carbocycles. The van der Waals surface area contributed by atoms with Gasteiger partial charge in [-0.2, -0.15) is 0 Å². The molecule has 106 valence electrons. The van der Waals surface area contributed by atoms with E-state index >= 15 is 0 Å². The molecule has 0 aliphatic rings. The third kappa shape index (κ3) is 5.14. The molecule has 2 N–H and O–H groups in total. The van der Waals surface area contributed by atoms with Crippen molar-refractivity contribution in [3.63, 3.8) is 0 Å². The van der Waals surface area contributed by atoms with E-state index in [1.165, 1.54) is 5.56 Å². The Kier molecular flexibility index (Phi) is 6.77. The summed E-state index contributed by atoms with van der Waals surface area (Å²) in [5, 5.41) is 0. The molecule has 1 aromatic rings. The Labute approximate surface area is 120 Å². The van der Waals surface area contributed by atoms with E-state index in [2.05, 4.69) is 11.9 Å². The second-order valence-electron chi connectivity index (χ2n) is 4.48. The van der Waals surface area contributed by atoms with Gasteiger partial charge in [0.05, 0.1) is 12.7 Å². The number of nitrogens with zero attached hydrogens (tertiary/aromatic N) is 1. The van der Waals surface area contributed by atoms with Crippen LogP contribution in [-0.2, 0) is 11.3 Å². The summed E-state index contributed by atoms with van der Waals surface area (Å²) >= 11 is 4.99. The quantitative estimate of drug-likeness (QED) is 0.582. The second-order valence-corrected chi connectivity index (χ2v) is 4.92. The van der Waals surface area contributed by atoms with Crippen LogP contribution in [0.1, 0.15) is 17.5 Å². The predicted octanol–water partition coefficient (Wildman–Crippen LogP) is 1.80. The van der Waals surface area contributed by atoms with Gasteiger partial charge in [0.1, 0.15) is 10.7 Å². The van der Waals surface area contributed by atoms with Crippen molar-refractivity contribution in [3.8, 4) is 5.75 Å². The van der Waals surface area contributed by atoms with Crippen molar-refractivity contribution in [2.45, 2.75) is 13.0 Å². The fraction of sp³-hybridized carbons (Fsp3) is 0.500. The molecule has 0 bridgehead atoms. The minimum absolute atomic E-state index is 0.358. The lowest BCUT2D eigenvalue weighted by atomic mass is 10.1. The van der Waals surface area contributed by atoms with Crippen LogP contribution in [0.25, 0.3) is 0 Å². The number of hydrogen-bond donors (Lipinski definition) is 1. The highest BCUT2D eigenvalue weighted by Crippen LogP contribution is 2.20. The Morgan fingerprint density at radius 2 is 2.11 bits per heavy atom. The molecule has 0 unspecified atom stereocenters. The molecule has 4 nitrogen and oxygen atoms in total. The highest BCUT2D eigenvalue weighted by molar-refractivity contribution is 7.80. The van der Waals surface area contributed by atoms with Crippen LogP contribution < -0.4 is 10.5 Å². The average Bonchev–Trinajstić information content (AvgIpc) is 2.38. The van der Waals surface area contributed by atoms with E-state index in [9.17, 15) is 0 Å². The Bertz CT molecular complexity index is 424. The number of methoxy groups -OCH3 is 2. The summed E-state index contributed by atoms with van der Waals surface area (Å²) in [7, 11) is 5.44. The molecule has 1 rings (SSSR count). The van der Waals surface area contributed by atoms with Gasteiger partial charge in [-0.15, -0.1) is 0 Å². The molecule has 5 heteroatoms. The summed E-state index contributed by atoms with van der Waals surface area (Å²) in [5.74, 6) is 0.732. The standard InChI is InChI=1S/C14H22N2O2S/c1-16(7-4-8-17-2)10-11-5-6-12(14(15)19)13(9-11)18-3/h5-6,9H,4,7-8,10H2,1-3H3,(H2,15,19). The maximum absolute atomic E-state index is 5.65. The van der Waals surface area contributed by atoms with E-state index < -0.39 is 0 Å². The fourth-order valence-electron chi connectivity index (χ4n) is 1.91. The first-order chi connectivity index (χ1) is 9.08. The Balaban J connectivity index is 2.66. The van der Waals surface area contributed by atoms with Gasteiger partial charge in [-0.3, -0.25) is 0 Å².